The number of sulfonamides is 1. The van der Waals surface area contributed by atoms with E-state index in [1.165, 1.54) is 19.2 Å². The predicted octanol–water partition coefficient (Wildman–Crippen LogP) is 4.36. The Morgan fingerprint density at radius 2 is 1.79 bits per heavy atom. The van der Waals surface area contributed by atoms with Crippen LogP contribution in [0.3, 0.4) is 0 Å². The second kappa shape index (κ2) is 9.56. The molecular weight excluding hydrogens is 452 g/mol. The number of aryl methyl sites for hydroxylation is 1. The summed E-state index contributed by atoms with van der Waals surface area (Å²) < 4.78 is 35.4. The molecule has 0 bridgehead atoms. The molecule has 1 heterocycles. The number of imidazole rings is 1. The van der Waals surface area contributed by atoms with E-state index < -0.39 is 10.0 Å². The Labute approximate surface area is 198 Å². The largest absolute Gasteiger partial charge is 0.497 e. The smallest absolute Gasteiger partial charge is 0.261 e. The van der Waals surface area contributed by atoms with Gasteiger partial charge in [-0.1, -0.05) is 18.2 Å². The number of hydrogen-bond donors (Lipinski definition) is 2. The van der Waals surface area contributed by atoms with Gasteiger partial charge in [-0.15, -0.1) is 0 Å². The van der Waals surface area contributed by atoms with Gasteiger partial charge in [0.25, 0.3) is 15.9 Å². The number of fused-ring (bicyclic) bond motifs is 1. The number of carbonyl (C=O) groups excluding carboxylic acids is 1. The third-order valence-corrected chi connectivity index (χ3v) is 6.86. The molecule has 4 rings (SSSR count). The lowest BCUT2D eigenvalue weighted by Gasteiger charge is -2.16. The Balaban J connectivity index is 1.53. The third kappa shape index (κ3) is 4.74. The van der Waals surface area contributed by atoms with Gasteiger partial charge < -0.3 is 14.6 Å². The van der Waals surface area contributed by atoms with Gasteiger partial charge in [-0.3, -0.25) is 9.52 Å². The predicted molar refractivity (Wildman–Crippen MR) is 132 cm³/mol. The summed E-state index contributed by atoms with van der Waals surface area (Å²) in [5, 5.41) is 2.94. The average Bonchev–Trinajstić information content (AvgIpc) is 3.23. The molecule has 8 nitrogen and oxygen atoms in total. The van der Waals surface area contributed by atoms with Crippen LogP contribution in [-0.2, 0) is 16.6 Å². The minimum atomic E-state index is -3.88. The maximum Gasteiger partial charge on any atom is 0.261 e. The molecule has 2 N–H and O–H groups in total. The second-order valence-corrected chi connectivity index (χ2v) is 9.44. The lowest BCUT2D eigenvalue weighted by molar-refractivity contribution is 0.0937. The van der Waals surface area contributed by atoms with E-state index >= 15 is 0 Å². The van der Waals surface area contributed by atoms with Crippen molar-refractivity contribution in [3.8, 4) is 5.75 Å². The second-order valence-electron chi connectivity index (χ2n) is 7.76. The van der Waals surface area contributed by atoms with Crippen molar-refractivity contribution in [3.05, 3.63) is 84.2 Å². The zero-order valence-electron chi connectivity index (χ0n) is 19.1. The van der Waals surface area contributed by atoms with E-state index in [0.29, 0.717) is 18.0 Å². The summed E-state index contributed by atoms with van der Waals surface area (Å²) in [6, 6.07) is 19.9. The molecule has 1 aromatic heterocycles. The van der Waals surface area contributed by atoms with Crippen molar-refractivity contribution >= 4 is 32.7 Å². The number of hydrogen-bond acceptors (Lipinski definition) is 5. The number of benzene rings is 3. The summed E-state index contributed by atoms with van der Waals surface area (Å²) in [5.41, 5.74) is 2.49. The molecule has 0 radical (unpaired) electrons. The maximum absolute atomic E-state index is 13.0. The van der Waals surface area contributed by atoms with Gasteiger partial charge in [0.15, 0.2) is 0 Å². The Morgan fingerprint density at radius 1 is 1.06 bits per heavy atom. The molecule has 1 unspecified atom stereocenters. The molecule has 0 spiro atoms. The molecule has 0 aliphatic heterocycles. The Bertz CT molecular complexity index is 1430. The van der Waals surface area contributed by atoms with Crippen molar-refractivity contribution in [2.24, 2.45) is 0 Å². The molecule has 1 amide bonds. The van der Waals surface area contributed by atoms with Gasteiger partial charge in [0, 0.05) is 17.8 Å². The van der Waals surface area contributed by atoms with Gasteiger partial charge in [0.1, 0.15) is 11.6 Å². The van der Waals surface area contributed by atoms with Crippen LogP contribution in [0.2, 0.25) is 0 Å². The molecule has 0 aliphatic rings. The normalized spacial score (nSPS) is 12.3. The highest BCUT2D eigenvalue weighted by Gasteiger charge is 2.20. The molecular formula is C25H26N4O4S. The summed E-state index contributed by atoms with van der Waals surface area (Å²) in [7, 11) is -2.35. The van der Waals surface area contributed by atoms with Crippen molar-refractivity contribution < 1.29 is 17.9 Å². The molecule has 3 aromatic carbocycles. The topological polar surface area (TPSA) is 102 Å². The fourth-order valence-electron chi connectivity index (χ4n) is 3.78. The van der Waals surface area contributed by atoms with Gasteiger partial charge in [-0.25, -0.2) is 13.4 Å². The summed E-state index contributed by atoms with van der Waals surface area (Å²) in [6.07, 6.45) is 0. The summed E-state index contributed by atoms with van der Waals surface area (Å²) in [6.45, 7) is 4.59. The number of para-hydroxylation sites is 2. The quantitative estimate of drug-likeness (QED) is 0.392. The van der Waals surface area contributed by atoms with Crippen molar-refractivity contribution in [1.82, 2.24) is 14.9 Å². The number of nitrogens with one attached hydrogen (secondary N) is 2. The van der Waals surface area contributed by atoms with E-state index in [0.717, 1.165) is 16.9 Å². The van der Waals surface area contributed by atoms with E-state index in [1.807, 2.05) is 38.1 Å². The van der Waals surface area contributed by atoms with Crippen molar-refractivity contribution in [3.63, 3.8) is 0 Å². The Kier molecular flexibility index (Phi) is 6.56. The highest BCUT2D eigenvalue weighted by Crippen LogP contribution is 2.22. The molecule has 9 heteroatoms. The number of rotatable bonds is 8. The van der Waals surface area contributed by atoms with Crippen LogP contribution >= 0.6 is 0 Å². The highest BCUT2D eigenvalue weighted by atomic mass is 32.2. The molecule has 0 fully saturated rings. The molecule has 1 atom stereocenters. The summed E-state index contributed by atoms with van der Waals surface area (Å²) in [4.78, 5) is 17.6. The van der Waals surface area contributed by atoms with Gasteiger partial charge in [-0.2, -0.15) is 0 Å². The van der Waals surface area contributed by atoms with Gasteiger partial charge >= 0.3 is 0 Å². The first-order valence-electron chi connectivity index (χ1n) is 10.9. The van der Waals surface area contributed by atoms with Gasteiger partial charge in [0.2, 0.25) is 0 Å². The first-order chi connectivity index (χ1) is 16.3. The summed E-state index contributed by atoms with van der Waals surface area (Å²) >= 11 is 0. The number of amides is 1. The Hall–Kier alpha value is -3.85. The molecule has 34 heavy (non-hydrogen) atoms. The number of nitrogens with zero attached hydrogens (tertiary/aromatic N) is 2. The van der Waals surface area contributed by atoms with Crippen LogP contribution in [0.4, 0.5) is 5.69 Å². The van der Waals surface area contributed by atoms with E-state index in [9.17, 15) is 13.2 Å². The number of carbonyl (C=O) groups is 1. The van der Waals surface area contributed by atoms with Crippen LogP contribution in [0.5, 0.6) is 5.75 Å². The first-order valence-corrected chi connectivity index (χ1v) is 12.3. The minimum Gasteiger partial charge on any atom is -0.497 e. The number of methoxy groups -OCH3 is 1. The monoisotopic (exact) mass is 478 g/mol. The van der Waals surface area contributed by atoms with Crippen LogP contribution in [0, 0.1) is 0 Å². The van der Waals surface area contributed by atoms with Gasteiger partial charge in [0.05, 0.1) is 29.1 Å². The van der Waals surface area contributed by atoms with Crippen LogP contribution in [0.25, 0.3) is 11.0 Å². The van der Waals surface area contributed by atoms with Crippen LogP contribution in [-0.4, -0.2) is 31.0 Å². The SMILES string of the molecule is CCn1c(C(C)NC(=O)c2cccc(S(=O)(=O)Nc3ccc(OC)cc3)c2)nc2ccccc21. The zero-order chi connectivity index (χ0) is 24.3. The maximum atomic E-state index is 13.0. The van der Waals surface area contributed by atoms with Gasteiger partial charge in [-0.05, 0) is 68.4 Å². The van der Waals surface area contributed by atoms with E-state index in [1.54, 1.807) is 36.4 Å². The van der Waals surface area contributed by atoms with Crippen molar-refractivity contribution in [2.45, 2.75) is 31.3 Å². The molecule has 4 aromatic rings. The number of ether oxygens (including phenoxy) is 1. The van der Waals surface area contributed by atoms with Crippen LogP contribution in [0.15, 0.2) is 77.7 Å². The average molecular weight is 479 g/mol. The standard InChI is InChI=1S/C25H26N4O4S/c1-4-29-23-11-6-5-10-22(23)27-24(29)17(2)26-25(30)18-8-7-9-21(16-18)34(31,32)28-19-12-14-20(33-3)15-13-19/h5-17,28H,4H2,1-3H3,(H,26,30). The van der Waals surface area contributed by atoms with Crippen LogP contribution < -0.4 is 14.8 Å². The Morgan fingerprint density at radius 3 is 2.50 bits per heavy atom. The van der Waals surface area contributed by atoms with E-state index in [2.05, 4.69) is 19.6 Å². The van der Waals surface area contributed by atoms with Crippen molar-refractivity contribution in [1.29, 1.82) is 0 Å². The molecule has 176 valence electrons. The number of aromatic nitrogens is 2. The van der Waals surface area contributed by atoms with Crippen LogP contribution in [0.1, 0.15) is 36.1 Å². The number of anilines is 1. The summed E-state index contributed by atoms with van der Waals surface area (Å²) in [5.74, 6) is 0.970. The van der Waals surface area contributed by atoms with E-state index in [4.69, 9.17) is 4.74 Å². The minimum absolute atomic E-state index is 0.00980. The zero-order valence-corrected chi connectivity index (χ0v) is 20.0. The molecule has 0 saturated carbocycles. The van der Waals surface area contributed by atoms with E-state index in [-0.39, 0.29) is 22.4 Å². The molecule has 0 aliphatic carbocycles. The lowest BCUT2D eigenvalue weighted by atomic mass is 10.2. The molecule has 0 saturated heterocycles. The fraction of sp³-hybridized carbons (Fsp3) is 0.200. The highest BCUT2D eigenvalue weighted by molar-refractivity contribution is 7.92. The lowest BCUT2D eigenvalue weighted by Crippen LogP contribution is -2.29. The fourth-order valence-corrected chi connectivity index (χ4v) is 4.88. The van der Waals surface area contributed by atoms with Crippen molar-refractivity contribution in [2.75, 3.05) is 11.8 Å². The first kappa shape index (κ1) is 23.3. The third-order valence-electron chi connectivity index (χ3n) is 5.48.